The molecular weight excluding hydrogens is 254 g/mol. The van der Waals surface area contributed by atoms with Crippen LogP contribution in [0.3, 0.4) is 0 Å². The van der Waals surface area contributed by atoms with Gasteiger partial charge in [0.2, 0.25) is 0 Å². The highest BCUT2D eigenvalue weighted by Crippen LogP contribution is 2.39. The monoisotopic (exact) mass is 287 g/mol. The fourth-order valence-corrected chi connectivity index (χ4v) is 4.00. The van der Waals surface area contributed by atoms with Crippen molar-refractivity contribution in [3.63, 3.8) is 0 Å². The summed E-state index contributed by atoms with van der Waals surface area (Å²) in [5.74, 6) is 1.77. The molecule has 21 heavy (non-hydrogen) atoms. The van der Waals surface area contributed by atoms with E-state index in [0.717, 1.165) is 24.8 Å². The number of hydrogen-bond donors (Lipinski definition) is 1. The summed E-state index contributed by atoms with van der Waals surface area (Å²) in [6.45, 7) is 8.05. The van der Waals surface area contributed by atoms with E-state index in [1.165, 1.54) is 44.1 Å². The molecule has 1 fully saturated rings. The second-order valence-corrected chi connectivity index (χ2v) is 6.69. The maximum absolute atomic E-state index is 3.87. The first-order valence-corrected chi connectivity index (χ1v) is 9.11. The number of aryl methyl sites for hydroxylation is 1. The minimum Gasteiger partial charge on any atom is -0.310 e. The Labute approximate surface area is 131 Å². The first-order valence-electron chi connectivity index (χ1n) is 9.11. The Kier molecular flexibility index (Phi) is 6.76. The van der Waals surface area contributed by atoms with E-state index in [9.17, 15) is 0 Å². The molecule has 0 aromatic heterocycles. The Hall–Kier alpha value is -0.820. The molecule has 1 N–H and O–H groups in total. The molecule has 3 atom stereocenters. The van der Waals surface area contributed by atoms with Gasteiger partial charge in [-0.05, 0) is 55.2 Å². The maximum Gasteiger partial charge on any atom is 0.0351 e. The van der Waals surface area contributed by atoms with Gasteiger partial charge in [-0.15, -0.1) is 0 Å². The normalized spacial score (nSPS) is 24.0. The highest BCUT2D eigenvalue weighted by atomic mass is 14.9. The van der Waals surface area contributed by atoms with Crippen molar-refractivity contribution in [2.24, 2.45) is 11.8 Å². The smallest absolute Gasteiger partial charge is 0.0351 e. The van der Waals surface area contributed by atoms with Crippen molar-refractivity contribution in [1.82, 2.24) is 5.32 Å². The molecule has 3 unspecified atom stereocenters. The molecule has 0 radical (unpaired) electrons. The zero-order valence-corrected chi connectivity index (χ0v) is 14.2. The van der Waals surface area contributed by atoms with Crippen molar-refractivity contribution in [2.75, 3.05) is 6.54 Å². The molecule has 1 nitrogen and oxygen atoms in total. The van der Waals surface area contributed by atoms with Crippen molar-refractivity contribution < 1.29 is 0 Å². The van der Waals surface area contributed by atoms with Gasteiger partial charge in [0.25, 0.3) is 0 Å². The fourth-order valence-electron chi connectivity index (χ4n) is 4.00. The topological polar surface area (TPSA) is 12.0 Å². The van der Waals surface area contributed by atoms with Crippen LogP contribution in [0.1, 0.15) is 76.5 Å². The lowest BCUT2D eigenvalue weighted by Gasteiger charge is -2.36. The molecule has 1 saturated carbocycles. The highest BCUT2D eigenvalue weighted by molar-refractivity contribution is 5.30. The Balaban J connectivity index is 2.20. The molecule has 2 rings (SSSR count). The number of benzene rings is 1. The molecule has 1 aliphatic rings. The summed E-state index contributed by atoms with van der Waals surface area (Å²) in [5, 5.41) is 3.87. The molecule has 0 bridgehead atoms. The van der Waals surface area contributed by atoms with Gasteiger partial charge in [-0.1, -0.05) is 64.3 Å². The van der Waals surface area contributed by atoms with Crippen LogP contribution < -0.4 is 5.32 Å². The third-order valence-electron chi connectivity index (χ3n) is 5.26. The molecule has 1 aromatic carbocycles. The SMILES string of the molecule is CCCNC(c1ccccc1CC)C1CCCC(CC)C1. The lowest BCUT2D eigenvalue weighted by atomic mass is 9.74. The molecular formula is C20H33N. The maximum atomic E-state index is 3.87. The number of hydrogen-bond acceptors (Lipinski definition) is 1. The molecule has 0 spiro atoms. The number of nitrogens with one attached hydrogen (secondary N) is 1. The van der Waals surface area contributed by atoms with Crippen molar-refractivity contribution in [1.29, 1.82) is 0 Å². The van der Waals surface area contributed by atoms with Gasteiger partial charge in [-0.25, -0.2) is 0 Å². The largest absolute Gasteiger partial charge is 0.310 e. The second kappa shape index (κ2) is 8.58. The van der Waals surface area contributed by atoms with Gasteiger partial charge < -0.3 is 5.32 Å². The summed E-state index contributed by atoms with van der Waals surface area (Å²) in [5.41, 5.74) is 3.10. The van der Waals surface area contributed by atoms with Crippen molar-refractivity contribution in [3.8, 4) is 0 Å². The van der Waals surface area contributed by atoms with Crippen LogP contribution in [0, 0.1) is 11.8 Å². The first kappa shape index (κ1) is 16.5. The van der Waals surface area contributed by atoms with Crippen LogP contribution >= 0.6 is 0 Å². The highest BCUT2D eigenvalue weighted by Gasteiger charge is 2.29. The van der Waals surface area contributed by atoms with Gasteiger partial charge >= 0.3 is 0 Å². The van der Waals surface area contributed by atoms with Crippen LogP contribution in [0.15, 0.2) is 24.3 Å². The van der Waals surface area contributed by atoms with Crippen LogP contribution in [-0.2, 0) is 6.42 Å². The minimum atomic E-state index is 0.565. The van der Waals surface area contributed by atoms with E-state index < -0.39 is 0 Å². The van der Waals surface area contributed by atoms with E-state index in [4.69, 9.17) is 0 Å². The molecule has 0 heterocycles. The van der Waals surface area contributed by atoms with E-state index in [0.29, 0.717) is 6.04 Å². The van der Waals surface area contributed by atoms with Gasteiger partial charge in [0, 0.05) is 6.04 Å². The van der Waals surface area contributed by atoms with Crippen LogP contribution in [0.4, 0.5) is 0 Å². The lowest BCUT2D eigenvalue weighted by molar-refractivity contribution is 0.209. The summed E-state index contributed by atoms with van der Waals surface area (Å²) in [6, 6.07) is 9.65. The molecule has 0 saturated heterocycles. The molecule has 1 aromatic rings. The summed E-state index contributed by atoms with van der Waals surface area (Å²) < 4.78 is 0. The molecule has 0 aliphatic heterocycles. The van der Waals surface area contributed by atoms with Gasteiger partial charge in [0.15, 0.2) is 0 Å². The third kappa shape index (κ3) is 4.32. The first-order chi connectivity index (χ1) is 10.3. The fraction of sp³-hybridized carbons (Fsp3) is 0.700. The molecule has 1 heteroatoms. The zero-order valence-electron chi connectivity index (χ0n) is 14.2. The standard InChI is InChI=1S/C20H33N/c1-4-14-21-20(18-12-9-10-16(5-2)15-18)19-13-8-7-11-17(19)6-3/h7-8,11,13,16,18,20-21H,4-6,9-10,12,14-15H2,1-3H3. The molecule has 0 amide bonds. The quantitative estimate of drug-likeness (QED) is 0.697. The molecule has 1 aliphatic carbocycles. The predicted molar refractivity (Wildman–Crippen MR) is 92.6 cm³/mol. The van der Waals surface area contributed by atoms with Gasteiger partial charge in [0.1, 0.15) is 0 Å². The van der Waals surface area contributed by atoms with Gasteiger partial charge in [0.05, 0.1) is 0 Å². The summed E-state index contributed by atoms with van der Waals surface area (Å²) in [6.07, 6.45) is 9.39. The van der Waals surface area contributed by atoms with E-state index >= 15 is 0 Å². The Morgan fingerprint density at radius 3 is 2.67 bits per heavy atom. The summed E-state index contributed by atoms with van der Waals surface area (Å²) in [4.78, 5) is 0. The summed E-state index contributed by atoms with van der Waals surface area (Å²) >= 11 is 0. The minimum absolute atomic E-state index is 0.565. The van der Waals surface area contributed by atoms with E-state index in [1.54, 1.807) is 5.56 Å². The average Bonchev–Trinajstić information content (AvgIpc) is 2.56. The Morgan fingerprint density at radius 2 is 1.95 bits per heavy atom. The zero-order chi connectivity index (χ0) is 15.1. The van der Waals surface area contributed by atoms with Crippen molar-refractivity contribution >= 4 is 0 Å². The van der Waals surface area contributed by atoms with E-state index in [1.807, 2.05) is 0 Å². The van der Waals surface area contributed by atoms with Crippen molar-refractivity contribution in [2.45, 2.75) is 71.8 Å². The van der Waals surface area contributed by atoms with Gasteiger partial charge in [-0.3, -0.25) is 0 Å². The third-order valence-corrected chi connectivity index (χ3v) is 5.26. The average molecular weight is 287 g/mol. The van der Waals surface area contributed by atoms with Crippen LogP contribution in [-0.4, -0.2) is 6.54 Å². The summed E-state index contributed by atoms with van der Waals surface area (Å²) in [7, 11) is 0. The predicted octanol–water partition coefficient (Wildman–Crippen LogP) is 5.51. The Bertz CT molecular complexity index is 412. The van der Waals surface area contributed by atoms with Crippen molar-refractivity contribution in [3.05, 3.63) is 35.4 Å². The van der Waals surface area contributed by atoms with Gasteiger partial charge in [-0.2, -0.15) is 0 Å². The second-order valence-electron chi connectivity index (χ2n) is 6.69. The lowest BCUT2D eigenvalue weighted by Crippen LogP contribution is -2.32. The Morgan fingerprint density at radius 1 is 1.14 bits per heavy atom. The molecule has 118 valence electrons. The number of rotatable bonds is 7. The van der Waals surface area contributed by atoms with Crippen LogP contribution in [0.2, 0.25) is 0 Å². The van der Waals surface area contributed by atoms with Crippen LogP contribution in [0.5, 0.6) is 0 Å². The van der Waals surface area contributed by atoms with E-state index in [-0.39, 0.29) is 0 Å². The van der Waals surface area contributed by atoms with Crippen LogP contribution in [0.25, 0.3) is 0 Å². The van der Waals surface area contributed by atoms with E-state index in [2.05, 4.69) is 50.4 Å².